The van der Waals surface area contributed by atoms with Gasteiger partial charge in [-0.25, -0.2) is 14.6 Å². The number of anilines is 2. The Kier molecular flexibility index (Phi) is 5.31. The highest BCUT2D eigenvalue weighted by atomic mass is 32.1. The molecule has 0 fully saturated rings. The van der Waals surface area contributed by atoms with E-state index in [-0.39, 0.29) is 12.3 Å². The van der Waals surface area contributed by atoms with Crippen molar-refractivity contribution in [2.75, 3.05) is 24.4 Å². The number of carbonyl (C=O) groups is 2. The molecule has 0 aliphatic rings. The molecule has 0 aliphatic heterocycles. The second-order valence-electron chi connectivity index (χ2n) is 4.04. The molecule has 22 heavy (non-hydrogen) atoms. The first-order chi connectivity index (χ1) is 10.6. The molecular weight excluding hydrogens is 306 g/mol. The number of hydrogen-bond donors (Lipinski definition) is 2. The molecule has 2 N–H and O–H groups in total. The lowest BCUT2D eigenvalue weighted by Gasteiger charge is -2.09. The molecule has 0 aliphatic carbocycles. The average Bonchev–Trinajstić information content (AvgIpc) is 2.96. The summed E-state index contributed by atoms with van der Waals surface area (Å²) in [6.45, 7) is 1.98. The second kappa shape index (κ2) is 7.41. The van der Waals surface area contributed by atoms with Crippen molar-refractivity contribution in [3.05, 3.63) is 35.3 Å². The summed E-state index contributed by atoms with van der Waals surface area (Å²) in [4.78, 5) is 27.4. The van der Waals surface area contributed by atoms with Gasteiger partial charge in [-0.05, 0) is 19.1 Å². The number of aromatic nitrogens is 1. The minimum atomic E-state index is -0.517. The summed E-state index contributed by atoms with van der Waals surface area (Å²) in [6.07, 6.45) is 0. The lowest BCUT2D eigenvalue weighted by Crippen LogP contribution is -2.19. The Morgan fingerprint density at radius 2 is 2.05 bits per heavy atom. The van der Waals surface area contributed by atoms with Gasteiger partial charge in [0.1, 0.15) is 5.75 Å². The maximum Gasteiger partial charge on any atom is 0.357 e. The summed E-state index contributed by atoms with van der Waals surface area (Å²) in [5.74, 6) is 0.0286. The highest BCUT2D eigenvalue weighted by Gasteiger charge is 2.13. The van der Waals surface area contributed by atoms with Crippen molar-refractivity contribution in [3.63, 3.8) is 0 Å². The van der Waals surface area contributed by atoms with E-state index in [0.717, 1.165) is 11.3 Å². The molecule has 0 unspecified atom stereocenters. The molecule has 1 aromatic heterocycles. The molecule has 0 atom stereocenters. The van der Waals surface area contributed by atoms with Gasteiger partial charge >= 0.3 is 12.0 Å². The van der Waals surface area contributed by atoms with Crippen molar-refractivity contribution in [1.29, 1.82) is 0 Å². The number of methoxy groups -OCH3 is 1. The molecule has 0 saturated carbocycles. The summed E-state index contributed by atoms with van der Waals surface area (Å²) >= 11 is 1.14. The SMILES string of the molecule is CCOC(=O)c1csc(NC(=O)Nc2ccccc2OC)n1. The van der Waals surface area contributed by atoms with Gasteiger partial charge in [-0.2, -0.15) is 0 Å². The normalized spacial score (nSPS) is 9.91. The molecule has 1 heterocycles. The topological polar surface area (TPSA) is 89.5 Å². The van der Waals surface area contributed by atoms with Crippen LogP contribution >= 0.6 is 11.3 Å². The van der Waals surface area contributed by atoms with E-state index >= 15 is 0 Å². The Balaban J connectivity index is 1.99. The molecule has 2 rings (SSSR count). The van der Waals surface area contributed by atoms with E-state index in [1.165, 1.54) is 12.5 Å². The van der Waals surface area contributed by atoms with Crippen LogP contribution in [0.4, 0.5) is 15.6 Å². The highest BCUT2D eigenvalue weighted by Crippen LogP contribution is 2.23. The van der Waals surface area contributed by atoms with Gasteiger partial charge in [0.15, 0.2) is 10.8 Å². The zero-order chi connectivity index (χ0) is 15.9. The third-order valence-electron chi connectivity index (χ3n) is 2.56. The van der Waals surface area contributed by atoms with Crippen LogP contribution in [0.5, 0.6) is 5.75 Å². The summed E-state index contributed by atoms with van der Waals surface area (Å²) in [5, 5.41) is 7.03. The predicted octanol–water partition coefficient (Wildman–Crippen LogP) is 2.97. The maximum atomic E-state index is 11.9. The molecule has 0 saturated heterocycles. The van der Waals surface area contributed by atoms with E-state index in [9.17, 15) is 9.59 Å². The average molecular weight is 321 g/mol. The Bertz CT molecular complexity index is 672. The van der Waals surface area contributed by atoms with Crippen LogP contribution in [-0.2, 0) is 4.74 Å². The van der Waals surface area contributed by atoms with Gasteiger partial charge in [-0.3, -0.25) is 5.32 Å². The van der Waals surface area contributed by atoms with Crippen molar-refractivity contribution < 1.29 is 19.1 Å². The number of esters is 1. The van der Waals surface area contributed by atoms with Crippen LogP contribution in [0.15, 0.2) is 29.6 Å². The van der Waals surface area contributed by atoms with E-state index in [1.54, 1.807) is 31.2 Å². The number of urea groups is 1. The Morgan fingerprint density at radius 1 is 1.27 bits per heavy atom. The first-order valence-electron chi connectivity index (χ1n) is 6.47. The number of nitrogens with one attached hydrogen (secondary N) is 2. The van der Waals surface area contributed by atoms with Gasteiger partial charge in [0.05, 0.1) is 19.4 Å². The fraction of sp³-hybridized carbons (Fsp3) is 0.214. The summed E-state index contributed by atoms with van der Waals surface area (Å²) in [6, 6.07) is 6.55. The monoisotopic (exact) mass is 321 g/mol. The van der Waals surface area contributed by atoms with Gasteiger partial charge in [0.25, 0.3) is 0 Å². The minimum absolute atomic E-state index is 0.166. The number of thiazole rings is 1. The third kappa shape index (κ3) is 3.95. The summed E-state index contributed by atoms with van der Waals surface area (Å²) < 4.78 is 9.97. The van der Waals surface area contributed by atoms with E-state index in [1.807, 2.05) is 0 Å². The van der Waals surface area contributed by atoms with Crippen LogP contribution in [0, 0.1) is 0 Å². The van der Waals surface area contributed by atoms with E-state index in [4.69, 9.17) is 9.47 Å². The van der Waals surface area contributed by atoms with Crippen molar-refractivity contribution in [2.45, 2.75) is 6.92 Å². The Hall–Kier alpha value is -2.61. The molecule has 1 aromatic carbocycles. The molecule has 0 radical (unpaired) electrons. The number of rotatable bonds is 5. The Morgan fingerprint density at radius 3 is 2.77 bits per heavy atom. The van der Waals surface area contributed by atoms with Gasteiger partial charge < -0.3 is 14.8 Å². The van der Waals surface area contributed by atoms with E-state index in [0.29, 0.717) is 16.6 Å². The van der Waals surface area contributed by atoms with Crippen LogP contribution in [0.1, 0.15) is 17.4 Å². The largest absolute Gasteiger partial charge is 0.495 e. The lowest BCUT2D eigenvalue weighted by molar-refractivity contribution is 0.0520. The number of benzene rings is 1. The maximum absolute atomic E-state index is 11.9. The van der Waals surface area contributed by atoms with Crippen LogP contribution in [0.25, 0.3) is 0 Å². The Labute approximate surface area is 131 Å². The van der Waals surface area contributed by atoms with Crippen molar-refractivity contribution >= 4 is 34.2 Å². The zero-order valence-corrected chi connectivity index (χ0v) is 12.9. The third-order valence-corrected chi connectivity index (χ3v) is 3.32. The molecule has 116 valence electrons. The first kappa shape index (κ1) is 15.8. The van der Waals surface area contributed by atoms with Crippen LogP contribution in [0.3, 0.4) is 0 Å². The smallest absolute Gasteiger partial charge is 0.357 e. The number of para-hydroxylation sites is 2. The molecule has 7 nitrogen and oxygen atoms in total. The van der Waals surface area contributed by atoms with E-state index in [2.05, 4.69) is 15.6 Å². The number of hydrogen-bond acceptors (Lipinski definition) is 6. The van der Waals surface area contributed by atoms with Gasteiger partial charge in [-0.1, -0.05) is 12.1 Å². The molecule has 2 amide bonds. The molecule has 0 bridgehead atoms. The zero-order valence-electron chi connectivity index (χ0n) is 12.1. The molecule has 8 heteroatoms. The van der Waals surface area contributed by atoms with E-state index < -0.39 is 12.0 Å². The fourth-order valence-electron chi connectivity index (χ4n) is 1.63. The standard InChI is InChI=1S/C14H15N3O4S/c1-3-21-12(18)10-8-22-14(16-10)17-13(19)15-9-6-4-5-7-11(9)20-2/h4-8H,3H2,1-2H3,(H2,15,16,17,19). The van der Waals surface area contributed by atoms with Crippen LogP contribution in [-0.4, -0.2) is 30.7 Å². The highest BCUT2D eigenvalue weighted by molar-refractivity contribution is 7.14. The van der Waals surface area contributed by atoms with Gasteiger partial charge in [0, 0.05) is 5.38 Å². The summed E-state index contributed by atoms with van der Waals surface area (Å²) in [5.41, 5.74) is 0.698. The quantitative estimate of drug-likeness (QED) is 0.826. The fourth-order valence-corrected chi connectivity index (χ4v) is 2.30. The number of amides is 2. The predicted molar refractivity (Wildman–Crippen MR) is 83.7 cm³/mol. The molecule has 0 spiro atoms. The second-order valence-corrected chi connectivity index (χ2v) is 4.90. The molecule has 2 aromatic rings. The lowest BCUT2D eigenvalue weighted by atomic mass is 10.3. The van der Waals surface area contributed by atoms with Gasteiger partial charge in [0.2, 0.25) is 0 Å². The van der Waals surface area contributed by atoms with Crippen molar-refractivity contribution in [3.8, 4) is 5.75 Å². The number of carbonyl (C=O) groups excluding carboxylic acids is 2. The first-order valence-corrected chi connectivity index (χ1v) is 7.35. The van der Waals surface area contributed by atoms with Gasteiger partial charge in [-0.15, -0.1) is 11.3 Å². The minimum Gasteiger partial charge on any atom is -0.495 e. The van der Waals surface area contributed by atoms with Crippen LogP contribution in [0.2, 0.25) is 0 Å². The summed E-state index contributed by atoms with van der Waals surface area (Å²) in [7, 11) is 1.52. The van der Waals surface area contributed by atoms with Crippen molar-refractivity contribution in [1.82, 2.24) is 4.98 Å². The van der Waals surface area contributed by atoms with Crippen LogP contribution < -0.4 is 15.4 Å². The molecular formula is C14H15N3O4S. The number of nitrogens with zero attached hydrogens (tertiary/aromatic N) is 1. The van der Waals surface area contributed by atoms with Crippen molar-refractivity contribution in [2.24, 2.45) is 0 Å². The number of ether oxygens (including phenoxy) is 2.